The molecule has 23 heavy (non-hydrogen) atoms. The third-order valence-corrected chi connectivity index (χ3v) is 3.97. The number of ether oxygens (including phenoxy) is 1. The normalized spacial score (nSPS) is 9.96. The largest absolute Gasteiger partial charge is 0.455 e. The molecule has 118 valence electrons. The van der Waals surface area contributed by atoms with Crippen molar-refractivity contribution in [1.29, 1.82) is 5.26 Å². The number of carbonyl (C=O) groups excluding carboxylic acids is 2. The SMILES string of the molecule is N#Cc1ccsc1NC(=O)COC(=O)Cc1c(F)cccc1Cl. The van der Waals surface area contributed by atoms with Crippen LogP contribution in [0.1, 0.15) is 11.1 Å². The molecular weight excluding hydrogens is 343 g/mol. The van der Waals surface area contributed by atoms with E-state index in [9.17, 15) is 14.0 Å². The molecule has 0 saturated heterocycles. The number of esters is 1. The molecule has 0 atom stereocenters. The number of hydrogen-bond donors (Lipinski definition) is 1. The van der Waals surface area contributed by atoms with E-state index in [-0.39, 0.29) is 17.0 Å². The monoisotopic (exact) mass is 352 g/mol. The van der Waals surface area contributed by atoms with Crippen molar-refractivity contribution < 1.29 is 18.7 Å². The van der Waals surface area contributed by atoms with Crippen molar-refractivity contribution in [2.45, 2.75) is 6.42 Å². The zero-order chi connectivity index (χ0) is 16.8. The molecule has 1 heterocycles. The lowest BCUT2D eigenvalue weighted by atomic mass is 10.1. The van der Waals surface area contributed by atoms with Gasteiger partial charge in [0.2, 0.25) is 0 Å². The molecular formula is C15H10ClFN2O3S. The first-order valence-corrected chi connectivity index (χ1v) is 7.63. The summed E-state index contributed by atoms with van der Waals surface area (Å²) >= 11 is 6.99. The standard InChI is InChI=1S/C15H10ClFN2O3S/c16-11-2-1-3-12(17)10(11)6-14(21)22-8-13(20)19-15-9(7-18)4-5-23-15/h1-5H,6,8H2,(H,19,20). The van der Waals surface area contributed by atoms with Gasteiger partial charge in [0.15, 0.2) is 6.61 Å². The van der Waals surface area contributed by atoms with Crippen molar-refractivity contribution in [2.75, 3.05) is 11.9 Å². The first kappa shape index (κ1) is 16.9. The summed E-state index contributed by atoms with van der Waals surface area (Å²) in [6.07, 6.45) is -0.374. The maximum atomic E-state index is 13.5. The Morgan fingerprint density at radius 1 is 1.39 bits per heavy atom. The molecule has 0 bridgehead atoms. The summed E-state index contributed by atoms with van der Waals surface area (Å²) in [5.74, 6) is -1.98. The number of thiophene rings is 1. The van der Waals surface area contributed by atoms with Gasteiger partial charge in [0, 0.05) is 10.6 Å². The van der Waals surface area contributed by atoms with Crippen LogP contribution in [0.25, 0.3) is 0 Å². The van der Waals surface area contributed by atoms with Crippen molar-refractivity contribution in [1.82, 2.24) is 0 Å². The van der Waals surface area contributed by atoms with Crippen molar-refractivity contribution >= 4 is 39.8 Å². The fourth-order valence-electron chi connectivity index (χ4n) is 1.70. The van der Waals surface area contributed by atoms with Crippen LogP contribution in [0.4, 0.5) is 9.39 Å². The van der Waals surface area contributed by atoms with Crippen LogP contribution in [0.5, 0.6) is 0 Å². The maximum Gasteiger partial charge on any atom is 0.310 e. The van der Waals surface area contributed by atoms with E-state index in [2.05, 4.69) is 5.32 Å². The fraction of sp³-hybridized carbons (Fsp3) is 0.133. The van der Waals surface area contributed by atoms with Gasteiger partial charge in [-0.25, -0.2) is 4.39 Å². The molecule has 1 amide bonds. The summed E-state index contributed by atoms with van der Waals surface area (Å²) in [5.41, 5.74) is 0.345. The van der Waals surface area contributed by atoms with E-state index in [1.165, 1.54) is 29.5 Å². The molecule has 0 aliphatic carbocycles. The molecule has 0 unspecified atom stereocenters. The van der Waals surface area contributed by atoms with E-state index in [1.807, 2.05) is 6.07 Å². The zero-order valence-corrected chi connectivity index (χ0v) is 13.2. The van der Waals surface area contributed by atoms with Gasteiger partial charge in [0.05, 0.1) is 12.0 Å². The molecule has 8 heteroatoms. The molecule has 0 radical (unpaired) electrons. The molecule has 2 rings (SSSR count). The average Bonchev–Trinajstić information content (AvgIpc) is 2.96. The highest BCUT2D eigenvalue weighted by molar-refractivity contribution is 7.14. The van der Waals surface area contributed by atoms with Crippen molar-refractivity contribution in [3.05, 3.63) is 51.6 Å². The minimum absolute atomic E-state index is 0.0181. The lowest BCUT2D eigenvalue weighted by molar-refractivity contribution is -0.146. The van der Waals surface area contributed by atoms with Crippen molar-refractivity contribution in [3.8, 4) is 6.07 Å². The number of amides is 1. The van der Waals surface area contributed by atoms with Crippen LogP contribution >= 0.6 is 22.9 Å². The first-order chi connectivity index (χ1) is 11.0. The van der Waals surface area contributed by atoms with Gasteiger partial charge in [0.1, 0.15) is 16.9 Å². The molecule has 0 aliphatic rings. The predicted molar refractivity (Wildman–Crippen MR) is 83.7 cm³/mol. The molecule has 1 aromatic heterocycles. The molecule has 2 aromatic rings. The van der Waals surface area contributed by atoms with Gasteiger partial charge in [-0.1, -0.05) is 17.7 Å². The number of nitrogens with zero attached hydrogens (tertiary/aromatic N) is 1. The minimum Gasteiger partial charge on any atom is -0.455 e. The number of hydrogen-bond acceptors (Lipinski definition) is 5. The highest BCUT2D eigenvalue weighted by Crippen LogP contribution is 2.22. The number of nitrogens with one attached hydrogen (secondary N) is 1. The van der Waals surface area contributed by atoms with Crippen LogP contribution in [0.2, 0.25) is 5.02 Å². The second kappa shape index (κ2) is 7.72. The zero-order valence-electron chi connectivity index (χ0n) is 11.6. The topological polar surface area (TPSA) is 79.2 Å². The van der Waals surface area contributed by atoms with Gasteiger partial charge in [-0.3, -0.25) is 9.59 Å². The summed E-state index contributed by atoms with van der Waals surface area (Å²) in [7, 11) is 0. The quantitative estimate of drug-likeness (QED) is 0.838. The Kier molecular flexibility index (Phi) is 5.68. The first-order valence-electron chi connectivity index (χ1n) is 6.37. The smallest absolute Gasteiger partial charge is 0.310 e. The average molecular weight is 353 g/mol. The van der Waals surface area contributed by atoms with Crippen LogP contribution in [0, 0.1) is 17.1 Å². The maximum absolute atomic E-state index is 13.5. The Morgan fingerprint density at radius 2 is 2.17 bits per heavy atom. The Morgan fingerprint density at radius 3 is 2.87 bits per heavy atom. The summed E-state index contributed by atoms with van der Waals surface area (Å²) in [6, 6.07) is 7.55. The summed E-state index contributed by atoms with van der Waals surface area (Å²) in [6.45, 7) is -0.534. The van der Waals surface area contributed by atoms with Crippen LogP contribution in [0.3, 0.4) is 0 Å². The Hall–Kier alpha value is -2.43. The van der Waals surface area contributed by atoms with E-state index in [0.717, 1.165) is 0 Å². The Bertz CT molecular complexity index is 765. The lowest BCUT2D eigenvalue weighted by Gasteiger charge is -2.07. The van der Waals surface area contributed by atoms with Crippen molar-refractivity contribution in [2.24, 2.45) is 0 Å². The summed E-state index contributed by atoms with van der Waals surface area (Å²) in [4.78, 5) is 23.3. The van der Waals surface area contributed by atoms with Crippen LogP contribution < -0.4 is 5.32 Å². The van der Waals surface area contributed by atoms with E-state index in [0.29, 0.717) is 10.6 Å². The highest BCUT2D eigenvalue weighted by atomic mass is 35.5. The molecule has 5 nitrogen and oxygen atoms in total. The fourth-order valence-corrected chi connectivity index (χ4v) is 2.68. The van der Waals surface area contributed by atoms with E-state index in [4.69, 9.17) is 21.6 Å². The van der Waals surface area contributed by atoms with Gasteiger partial charge in [-0.15, -0.1) is 11.3 Å². The number of nitriles is 1. The lowest BCUT2D eigenvalue weighted by Crippen LogP contribution is -2.21. The van der Waals surface area contributed by atoms with Gasteiger partial charge < -0.3 is 10.1 Å². The second-order valence-corrected chi connectivity index (χ2v) is 5.68. The number of carbonyl (C=O) groups is 2. The van der Waals surface area contributed by atoms with Crippen LogP contribution in [0.15, 0.2) is 29.6 Å². The minimum atomic E-state index is -0.779. The van der Waals surface area contributed by atoms with Gasteiger partial charge in [0.25, 0.3) is 5.91 Å². The number of rotatable bonds is 5. The van der Waals surface area contributed by atoms with Gasteiger partial charge >= 0.3 is 5.97 Å². The van der Waals surface area contributed by atoms with Gasteiger partial charge in [-0.2, -0.15) is 5.26 Å². The van der Waals surface area contributed by atoms with Gasteiger partial charge in [-0.05, 0) is 23.6 Å². The van der Waals surface area contributed by atoms with E-state index < -0.39 is 24.3 Å². The summed E-state index contributed by atoms with van der Waals surface area (Å²) in [5, 5.41) is 13.4. The number of anilines is 1. The molecule has 0 fully saturated rings. The Labute approximate surface area is 140 Å². The van der Waals surface area contributed by atoms with E-state index >= 15 is 0 Å². The van der Waals surface area contributed by atoms with E-state index in [1.54, 1.807) is 11.4 Å². The third kappa shape index (κ3) is 4.52. The highest BCUT2D eigenvalue weighted by Gasteiger charge is 2.15. The second-order valence-electron chi connectivity index (χ2n) is 4.36. The molecule has 0 saturated carbocycles. The Balaban J connectivity index is 1.87. The number of halogens is 2. The molecule has 0 aliphatic heterocycles. The third-order valence-electron chi connectivity index (χ3n) is 2.79. The summed E-state index contributed by atoms with van der Waals surface area (Å²) < 4.78 is 18.3. The molecule has 1 aromatic carbocycles. The van der Waals surface area contributed by atoms with Crippen LogP contribution in [-0.2, 0) is 20.7 Å². The van der Waals surface area contributed by atoms with Crippen LogP contribution in [-0.4, -0.2) is 18.5 Å². The van der Waals surface area contributed by atoms with Crippen molar-refractivity contribution in [3.63, 3.8) is 0 Å². The predicted octanol–water partition coefficient (Wildman–Crippen LogP) is 3.14. The molecule has 1 N–H and O–H groups in total. The molecule has 0 spiro atoms. The number of benzene rings is 1.